The fourth-order valence-electron chi connectivity index (χ4n) is 3.00. The molecule has 1 aliphatic heterocycles. The Balaban J connectivity index is 2.31. The lowest BCUT2D eigenvalue weighted by Crippen LogP contribution is -2.71. The summed E-state index contributed by atoms with van der Waals surface area (Å²) in [5, 5.41) is 27.3. The van der Waals surface area contributed by atoms with E-state index in [1.165, 1.54) is 6.08 Å². The minimum absolute atomic E-state index is 0.133. The molecule has 1 saturated heterocycles. The molecule has 1 aliphatic rings. The van der Waals surface area contributed by atoms with Crippen LogP contribution in [0.1, 0.15) is 12.0 Å². The van der Waals surface area contributed by atoms with Gasteiger partial charge in [-0.1, -0.05) is 76.3 Å². The van der Waals surface area contributed by atoms with E-state index in [2.05, 4.69) is 21.9 Å². The molecular formula is C18H19Cl3N4O6. The first-order valence-electron chi connectivity index (χ1n) is 8.85. The first kappa shape index (κ1) is 25.2. The minimum Gasteiger partial charge on any atom is -0.459 e. The van der Waals surface area contributed by atoms with E-state index < -0.39 is 45.7 Å². The number of azide groups is 1. The van der Waals surface area contributed by atoms with Gasteiger partial charge in [-0.05, 0) is 11.1 Å². The van der Waals surface area contributed by atoms with Crippen LogP contribution in [0.4, 0.5) is 0 Å². The summed E-state index contributed by atoms with van der Waals surface area (Å²) in [6.07, 6.45) is -2.66. The van der Waals surface area contributed by atoms with Crippen molar-refractivity contribution in [2.24, 2.45) is 5.11 Å². The Morgan fingerprint density at radius 3 is 2.58 bits per heavy atom. The van der Waals surface area contributed by atoms with Crippen molar-refractivity contribution in [1.82, 2.24) is 5.32 Å². The van der Waals surface area contributed by atoms with Gasteiger partial charge in [0.25, 0.3) is 9.70 Å². The number of hydrogen-bond acceptors (Lipinski definition) is 7. The molecule has 0 unspecified atom stereocenters. The number of esters is 1. The summed E-state index contributed by atoms with van der Waals surface area (Å²) in [6, 6.07) is 5.54. The Morgan fingerprint density at radius 2 is 2.03 bits per heavy atom. The third-order valence-corrected chi connectivity index (χ3v) is 4.96. The number of carbonyl (C=O) groups is 2. The number of nitrogens with one attached hydrogen (secondary N) is 1. The van der Waals surface area contributed by atoms with Gasteiger partial charge in [-0.2, -0.15) is 0 Å². The molecule has 0 aliphatic carbocycles. The molecule has 1 heterocycles. The highest BCUT2D eigenvalue weighted by Crippen LogP contribution is 2.35. The molecular weight excluding hydrogens is 475 g/mol. The Kier molecular flexibility index (Phi) is 8.56. The molecule has 0 spiro atoms. The molecule has 3 N–H and O–H groups in total. The zero-order valence-corrected chi connectivity index (χ0v) is 18.2. The summed E-state index contributed by atoms with van der Waals surface area (Å²) in [5.74, 6) is -4.55. The van der Waals surface area contributed by atoms with Gasteiger partial charge in [-0.15, -0.1) is 6.58 Å². The summed E-state index contributed by atoms with van der Waals surface area (Å²) in [6.45, 7) is 3.35. The van der Waals surface area contributed by atoms with Gasteiger partial charge < -0.3 is 25.0 Å². The van der Waals surface area contributed by atoms with Crippen molar-refractivity contribution >= 4 is 46.7 Å². The van der Waals surface area contributed by atoms with E-state index in [0.29, 0.717) is 5.56 Å². The standard InChI is InChI=1S/C18H19Cl3N4O6/c1-2-8-17(29)14(23-16(28)18(19,20)21)11(24-25-22)12(26)13(31-17)15(27)30-9-10-6-4-3-5-7-10/h2-7,11-14,26,29H,1,8-9H2,(H,23,28)/t11-,12-,13-,14+,17-/m0/s1. The molecule has 1 fully saturated rings. The van der Waals surface area contributed by atoms with Gasteiger partial charge in [-0.3, -0.25) is 4.79 Å². The van der Waals surface area contributed by atoms with Crippen LogP contribution in [-0.4, -0.2) is 56.0 Å². The molecule has 0 bridgehead atoms. The summed E-state index contributed by atoms with van der Waals surface area (Å²) in [7, 11) is 0. The second-order valence-electron chi connectivity index (χ2n) is 6.60. The maximum absolute atomic E-state index is 12.6. The van der Waals surface area contributed by atoms with Crippen molar-refractivity contribution in [1.29, 1.82) is 0 Å². The SMILES string of the molecule is C=CC[C@]1(O)O[C@H](C(=O)OCc2ccccc2)[C@@H](O)[C@H](N=[N+]=[N-])[C@H]1NC(=O)C(Cl)(Cl)Cl. The largest absolute Gasteiger partial charge is 0.459 e. The second-order valence-corrected chi connectivity index (χ2v) is 8.89. The molecule has 1 aromatic rings. The Hall–Kier alpha value is -2.04. The molecule has 0 saturated carbocycles. The van der Waals surface area contributed by atoms with Crippen molar-refractivity contribution < 1.29 is 29.3 Å². The van der Waals surface area contributed by atoms with E-state index in [0.717, 1.165) is 0 Å². The van der Waals surface area contributed by atoms with Crippen LogP contribution in [0.3, 0.4) is 0 Å². The number of aliphatic hydroxyl groups excluding tert-OH is 1. The van der Waals surface area contributed by atoms with Gasteiger partial charge in [0.15, 0.2) is 11.9 Å². The topological polar surface area (TPSA) is 154 Å². The summed E-state index contributed by atoms with van der Waals surface area (Å²) < 4.78 is 8.15. The highest BCUT2D eigenvalue weighted by molar-refractivity contribution is 6.76. The Labute approximate surface area is 192 Å². The molecule has 1 amide bonds. The normalized spacial score (nSPS) is 28.2. The van der Waals surface area contributed by atoms with Crippen LogP contribution < -0.4 is 5.32 Å². The van der Waals surface area contributed by atoms with E-state index in [9.17, 15) is 19.8 Å². The van der Waals surface area contributed by atoms with Gasteiger partial charge in [0.2, 0.25) is 0 Å². The Bertz CT molecular complexity index is 862. The maximum Gasteiger partial charge on any atom is 0.338 e. The van der Waals surface area contributed by atoms with Gasteiger partial charge in [-0.25, -0.2) is 4.79 Å². The van der Waals surface area contributed by atoms with Crippen LogP contribution in [0.5, 0.6) is 0 Å². The van der Waals surface area contributed by atoms with Crippen molar-refractivity contribution in [3.05, 3.63) is 59.0 Å². The summed E-state index contributed by atoms with van der Waals surface area (Å²) in [5.41, 5.74) is 9.59. The number of alkyl halides is 3. The van der Waals surface area contributed by atoms with Gasteiger partial charge >= 0.3 is 5.97 Å². The molecule has 31 heavy (non-hydrogen) atoms. The second kappa shape index (κ2) is 10.5. The lowest BCUT2D eigenvalue weighted by atomic mass is 9.86. The van der Waals surface area contributed by atoms with Crippen LogP contribution in [0.25, 0.3) is 10.4 Å². The zero-order chi connectivity index (χ0) is 23.2. The van der Waals surface area contributed by atoms with Crippen molar-refractivity contribution in [3.8, 4) is 0 Å². The van der Waals surface area contributed by atoms with Crippen LogP contribution in [-0.2, 0) is 25.7 Å². The van der Waals surface area contributed by atoms with Crippen molar-refractivity contribution in [2.75, 3.05) is 0 Å². The van der Waals surface area contributed by atoms with Crippen LogP contribution in [0, 0.1) is 0 Å². The van der Waals surface area contributed by atoms with Crippen LogP contribution in [0.2, 0.25) is 0 Å². The average molecular weight is 494 g/mol. The molecule has 10 nitrogen and oxygen atoms in total. The Morgan fingerprint density at radius 1 is 1.39 bits per heavy atom. The number of ether oxygens (including phenoxy) is 2. The number of hydrogen-bond donors (Lipinski definition) is 3. The predicted molar refractivity (Wildman–Crippen MR) is 112 cm³/mol. The quantitative estimate of drug-likeness (QED) is 0.132. The minimum atomic E-state index is -2.42. The number of aliphatic hydroxyl groups is 2. The molecule has 13 heteroatoms. The molecule has 168 valence electrons. The molecule has 1 aromatic carbocycles. The third kappa shape index (κ3) is 6.24. The smallest absolute Gasteiger partial charge is 0.338 e. The predicted octanol–water partition coefficient (Wildman–Crippen LogP) is 2.29. The van der Waals surface area contributed by atoms with Crippen LogP contribution in [0.15, 0.2) is 48.1 Å². The first-order chi connectivity index (χ1) is 14.5. The van der Waals surface area contributed by atoms with Crippen molar-refractivity contribution in [3.63, 3.8) is 0 Å². The monoisotopic (exact) mass is 492 g/mol. The van der Waals surface area contributed by atoms with E-state index >= 15 is 0 Å². The van der Waals surface area contributed by atoms with Gasteiger partial charge in [0.1, 0.15) is 12.7 Å². The van der Waals surface area contributed by atoms with E-state index in [1.54, 1.807) is 30.3 Å². The van der Waals surface area contributed by atoms with E-state index in [-0.39, 0.29) is 13.0 Å². The summed E-state index contributed by atoms with van der Waals surface area (Å²) in [4.78, 5) is 27.3. The number of carbonyl (C=O) groups excluding carboxylic acids is 2. The number of halogens is 3. The number of benzene rings is 1. The van der Waals surface area contributed by atoms with Crippen LogP contribution >= 0.6 is 34.8 Å². The zero-order valence-electron chi connectivity index (χ0n) is 15.9. The summed E-state index contributed by atoms with van der Waals surface area (Å²) >= 11 is 16.6. The van der Waals surface area contributed by atoms with E-state index in [1.807, 2.05) is 0 Å². The molecule has 5 atom stereocenters. The molecule has 0 radical (unpaired) electrons. The molecule has 0 aromatic heterocycles. The first-order valence-corrected chi connectivity index (χ1v) is 9.98. The highest BCUT2D eigenvalue weighted by atomic mass is 35.6. The van der Waals surface area contributed by atoms with Gasteiger partial charge in [0, 0.05) is 11.3 Å². The average Bonchev–Trinajstić information content (AvgIpc) is 2.71. The maximum atomic E-state index is 12.6. The lowest BCUT2D eigenvalue weighted by Gasteiger charge is -2.47. The highest BCUT2D eigenvalue weighted by Gasteiger charge is 2.56. The van der Waals surface area contributed by atoms with Gasteiger partial charge in [0.05, 0.1) is 12.1 Å². The van der Waals surface area contributed by atoms with E-state index in [4.69, 9.17) is 49.8 Å². The number of amides is 1. The third-order valence-electron chi connectivity index (χ3n) is 4.44. The fourth-order valence-corrected chi connectivity index (χ4v) is 3.17. The molecule has 2 rings (SSSR count). The van der Waals surface area contributed by atoms with Crippen molar-refractivity contribution in [2.45, 2.75) is 46.9 Å². The number of rotatable bonds is 7. The fraction of sp³-hybridized carbons (Fsp3) is 0.444. The lowest BCUT2D eigenvalue weighted by molar-refractivity contribution is -0.291. The number of nitrogens with zero attached hydrogens (tertiary/aromatic N) is 3.